The molecule has 0 fully saturated rings. The second-order valence-electron chi connectivity index (χ2n) is 7.60. The third kappa shape index (κ3) is 4.04. The minimum atomic E-state index is -0.446. The van der Waals surface area contributed by atoms with E-state index in [0.717, 1.165) is 23.2 Å². The first-order valence-corrected chi connectivity index (χ1v) is 10.4. The quantitative estimate of drug-likeness (QED) is 0.744. The van der Waals surface area contributed by atoms with Crippen molar-refractivity contribution in [1.29, 1.82) is 0 Å². The zero-order valence-corrected chi connectivity index (χ0v) is 17.5. The highest BCUT2D eigenvalue weighted by atomic mass is 32.2. The molecule has 2 aliphatic heterocycles. The first kappa shape index (κ1) is 20.3. The highest BCUT2D eigenvalue weighted by Crippen LogP contribution is 2.28. The Bertz CT molecular complexity index is 869. The Labute approximate surface area is 169 Å². The average molecular weight is 401 g/mol. The number of rotatable bonds is 6. The number of amides is 4. The molecule has 1 aromatic rings. The van der Waals surface area contributed by atoms with Crippen molar-refractivity contribution < 1.29 is 19.0 Å². The van der Waals surface area contributed by atoms with Crippen molar-refractivity contribution >= 4 is 41.0 Å². The SMILES string of the molecule is Cc1cccc(C)c1NC(=O)C[N+]1=C2C=CSC2C(=O)N(CCC(C)C)C1=O. The Morgan fingerprint density at radius 2 is 1.93 bits per heavy atom. The van der Waals surface area contributed by atoms with E-state index >= 15 is 0 Å². The lowest BCUT2D eigenvalue weighted by Gasteiger charge is -2.24. The second-order valence-corrected chi connectivity index (χ2v) is 8.62. The predicted octanol–water partition coefficient (Wildman–Crippen LogP) is 3.33. The summed E-state index contributed by atoms with van der Waals surface area (Å²) in [7, 11) is 0. The lowest BCUT2D eigenvalue weighted by atomic mass is 10.1. The van der Waals surface area contributed by atoms with Crippen LogP contribution in [0.15, 0.2) is 29.7 Å². The van der Waals surface area contributed by atoms with Gasteiger partial charge in [-0.25, -0.2) is 4.79 Å². The van der Waals surface area contributed by atoms with Gasteiger partial charge in [0.2, 0.25) is 0 Å². The molecule has 1 unspecified atom stereocenters. The normalized spacial score (nSPS) is 18.9. The van der Waals surface area contributed by atoms with Gasteiger partial charge in [-0.3, -0.25) is 4.79 Å². The Kier molecular flexibility index (Phi) is 6.03. The van der Waals surface area contributed by atoms with Crippen molar-refractivity contribution in [2.45, 2.75) is 39.4 Å². The maximum Gasteiger partial charge on any atom is 0.501 e. The van der Waals surface area contributed by atoms with Gasteiger partial charge >= 0.3 is 11.9 Å². The van der Waals surface area contributed by atoms with Crippen LogP contribution >= 0.6 is 11.8 Å². The molecule has 0 bridgehead atoms. The van der Waals surface area contributed by atoms with Gasteiger partial charge in [0.1, 0.15) is 5.71 Å². The number of para-hydroxylation sites is 1. The van der Waals surface area contributed by atoms with Gasteiger partial charge in [0.15, 0.2) is 11.8 Å². The van der Waals surface area contributed by atoms with Crippen LogP contribution in [0.2, 0.25) is 0 Å². The minimum Gasteiger partial charge on any atom is -0.322 e. The maximum atomic E-state index is 13.0. The monoisotopic (exact) mass is 400 g/mol. The van der Waals surface area contributed by atoms with E-state index in [-0.39, 0.29) is 18.4 Å². The molecule has 7 heteroatoms. The molecule has 0 saturated heterocycles. The van der Waals surface area contributed by atoms with Gasteiger partial charge in [-0.1, -0.05) is 32.0 Å². The predicted molar refractivity (Wildman–Crippen MR) is 112 cm³/mol. The molecule has 1 aromatic carbocycles. The number of imide groups is 1. The van der Waals surface area contributed by atoms with Gasteiger partial charge in [0, 0.05) is 5.69 Å². The molecule has 28 heavy (non-hydrogen) atoms. The summed E-state index contributed by atoms with van der Waals surface area (Å²) in [6, 6.07) is 5.39. The molecule has 2 aliphatic rings. The molecular formula is C21H26N3O3S+. The number of nitrogens with zero attached hydrogens (tertiary/aromatic N) is 2. The Morgan fingerprint density at radius 3 is 2.57 bits per heavy atom. The largest absolute Gasteiger partial charge is 0.501 e. The number of aryl methyl sites for hydroxylation is 2. The van der Waals surface area contributed by atoms with Crippen LogP contribution in [0, 0.1) is 19.8 Å². The van der Waals surface area contributed by atoms with E-state index in [2.05, 4.69) is 19.2 Å². The lowest BCUT2D eigenvalue weighted by molar-refractivity contribution is -0.425. The van der Waals surface area contributed by atoms with E-state index in [1.165, 1.54) is 21.2 Å². The summed E-state index contributed by atoms with van der Waals surface area (Å²) >= 11 is 1.38. The molecule has 4 amide bonds. The number of urea groups is 1. The summed E-state index contributed by atoms with van der Waals surface area (Å²) in [6.07, 6.45) is 2.50. The number of nitrogens with one attached hydrogen (secondary N) is 1. The fraction of sp³-hybridized carbons (Fsp3) is 0.429. The summed E-state index contributed by atoms with van der Waals surface area (Å²) in [5.74, 6) is -0.0939. The molecule has 1 atom stereocenters. The topological polar surface area (TPSA) is 69.5 Å². The van der Waals surface area contributed by atoms with Crippen molar-refractivity contribution in [3.63, 3.8) is 0 Å². The minimum absolute atomic E-state index is 0.116. The average Bonchev–Trinajstić information content (AvgIpc) is 3.11. The molecule has 0 aliphatic carbocycles. The van der Waals surface area contributed by atoms with Crippen LogP contribution in [0.5, 0.6) is 0 Å². The zero-order valence-electron chi connectivity index (χ0n) is 16.7. The number of allylic oxidation sites excluding steroid dienone is 1. The number of carbonyl (C=O) groups is 3. The van der Waals surface area contributed by atoms with Gasteiger partial charge in [0.25, 0.3) is 5.91 Å². The fourth-order valence-electron chi connectivity index (χ4n) is 3.34. The van der Waals surface area contributed by atoms with Gasteiger partial charge in [0.05, 0.1) is 6.54 Å². The number of thioether (sulfide) groups is 1. The van der Waals surface area contributed by atoms with Crippen molar-refractivity contribution in [3.05, 3.63) is 40.8 Å². The molecule has 148 valence electrons. The highest BCUT2D eigenvalue weighted by molar-refractivity contribution is 8.04. The molecule has 1 N–H and O–H groups in total. The number of benzene rings is 1. The Balaban J connectivity index is 1.83. The Hall–Kier alpha value is -2.41. The van der Waals surface area contributed by atoms with Crippen molar-refractivity contribution in [2.75, 3.05) is 18.4 Å². The molecule has 3 rings (SSSR count). The van der Waals surface area contributed by atoms with E-state index < -0.39 is 11.3 Å². The first-order chi connectivity index (χ1) is 13.3. The second kappa shape index (κ2) is 8.31. The van der Waals surface area contributed by atoms with Gasteiger partial charge in [-0.05, 0) is 48.8 Å². The molecule has 0 saturated carbocycles. The number of hydrogen-bond acceptors (Lipinski definition) is 4. The maximum absolute atomic E-state index is 13.0. The molecular weight excluding hydrogens is 374 g/mol. The summed E-state index contributed by atoms with van der Waals surface area (Å²) in [6.45, 7) is 8.23. The van der Waals surface area contributed by atoms with Crippen LogP contribution in [-0.4, -0.2) is 51.4 Å². The highest BCUT2D eigenvalue weighted by Gasteiger charge is 2.49. The van der Waals surface area contributed by atoms with Crippen molar-refractivity contribution in [1.82, 2.24) is 4.90 Å². The lowest BCUT2D eigenvalue weighted by Crippen LogP contribution is -2.56. The zero-order chi connectivity index (χ0) is 20.4. The number of anilines is 1. The van der Waals surface area contributed by atoms with Gasteiger partial charge in [-0.15, -0.1) is 11.8 Å². The summed E-state index contributed by atoms with van der Waals surface area (Å²) in [5, 5.41) is 4.29. The summed E-state index contributed by atoms with van der Waals surface area (Å²) in [4.78, 5) is 39.8. The molecule has 0 spiro atoms. The van der Waals surface area contributed by atoms with Crippen molar-refractivity contribution in [3.8, 4) is 0 Å². The van der Waals surface area contributed by atoms with E-state index in [1.807, 2.05) is 37.5 Å². The van der Waals surface area contributed by atoms with Crippen LogP contribution in [-0.2, 0) is 9.59 Å². The number of fused-ring (bicyclic) bond motifs is 1. The third-order valence-corrected chi connectivity index (χ3v) is 5.97. The standard InChI is InChI=1S/C21H25N3O3S/c1-13(2)8-10-23-20(26)19-16(9-11-28-19)24(21(23)27)12-17(25)22-18-14(3)6-5-7-15(18)4/h5-7,9,11,13,19H,8,10,12H2,1-4H3/p+1. The third-order valence-electron chi connectivity index (χ3n) is 4.96. The van der Waals surface area contributed by atoms with E-state index in [1.54, 1.807) is 6.08 Å². The van der Waals surface area contributed by atoms with Crippen LogP contribution in [0.4, 0.5) is 10.5 Å². The van der Waals surface area contributed by atoms with Crippen LogP contribution in [0.1, 0.15) is 31.4 Å². The Morgan fingerprint density at radius 1 is 1.25 bits per heavy atom. The van der Waals surface area contributed by atoms with Crippen LogP contribution in [0.25, 0.3) is 0 Å². The van der Waals surface area contributed by atoms with Gasteiger partial charge < -0.3 is 5.32 Å². The van der Waals surface area contributed by atoms with E-state index in [9.17, 15) is 14.4 Å². The van der Waals surface area contributed by atoms with E-state index in [4.69, 9.17) is 0 Å². The molecule has 0 radical (unpaired) electrons. The fourth-order valence-corrected chi connectivity index (χ4v) is 4.30. The molecule has 0 aromatic heterocycles. The van der Waals surface area contributed by atoms with Crippen LogP contribution in [0.3, 0.4) is 0 Å². The molecule has 2 heterocycles. The summed E-state index contributed by atoms with van der Waals surface area (Å²) < 4.78 is 1.44. The summed E-state index contributed by atoms with van der Waals surface area (Å²) in [5.41, 5.74) is 3.29. The van der Waals surface area contributed by atoms with Gasteiger partial charge in [-0.2, -0.15) is 14.3 Å². The van der Waals surface area contributed by atoms with E-state index in [0.29, 0.717) is 18.2 Å². The molecule has 6 nitrogen and oxygen atoms in total. The first-order valence-electron chi connectivity index (χ1n) is 9.47. The smallest absolute Gasteiger partial charge is 0.322 e. The van der Waals surface area contributed by atoms with Crippen LogP contribution < -0.4 is 5.32 Å². The van der Waals surface area contributed by atoms with Crippen molar-refractivity contribution in [2.24, 2.45) is 5.92 Å². The number of carbonyl (C=O) groups excluding carboxylic acids is 3. The number of hydrogen-bond donors (Lipinski definition) is 1.